The van der Waals surface area contributed by atoms with Gasteiger partial charge in [-0.15, -0.1) is 0 Å². The quantitative estimate of drug-likeness (QED) is 0.580. The standard InChI is InChI=1S/C12H11ClO2/c1-15-12(14)11-7-5-10(6-8-11)4-2-3-9-13/h2-9H,1H3/b4-2+,9-3+. The van der Waals surface area contributed by atoms with E-state index in [-0.39, 0.29) is 5.97 Å². The van der Waals surface area contributed by atoms with Crippen molar-refractivity contribution in [3.8, 4) is 0 Å². The van der Waals surface area contributed by atoms with E-state index in [1.807, 2.05) is 24.3 Å². The van der Waals surface area contributed by atoms with Gasteiger partial charge in [-0.3, -0.25) is 0 Å². The number of benzene rings is 1. The molecule has 0 aliphatic heterocycles. The first-order valence-corrected chi connectivity index (χ1v) is 4.83. The molecule has 0 heterocycles. The van der Waals surface area contributed by atoms with Crippen molar-refractivity contribution in [1.82, 2.24) is 0 Å². The summed E-state index contributed by atoms with van der Waals surface area (Å²) in [7, 11) is 1.36. The molecule has 1 aromatic carbocycles. The van der Waals surface area contributed by atoms with Crippen molar-refractivity contribution >= 4 is 23.6 Å². The third-order valence-corrected chi connectivity index (χ3v) is 1.95. The summed E-state index contributed by atoms with van der Waals surface area (Å²) in [6, 6.07) is 7.11. The lowest BCUT2D eigenvalue weighted by Gasteiger charge is -1.98. The summed E-state index contributed by atoms with van der Waals surface area (Å²) < 4.78 is 4.59. The number of rotatable bonds is 3. The Labute approximate surface area is 93.8 Å². The van der Waals surface area contributed by atoms with Crippen LogP contribution in [0, 0.1) is 0 Å². The summed E-state index contributed by atoms with van der Waals surface area (Å²) in [4.78, 5) is 11.1. The van der Waals surface area contributed by atoms with E-state index in [9.17, 15) is 4.79 Å². The average molecular weight is 223 g/mol. The fourth-order valence-corrected chi connectivity index (χ4v) is 1.14. The Bertz CT molecular complexity index is 377. The smallest absolute Gasteiger partial charge is 0.337 e. The summed E-state index contributed by atoms with van der Waals surface area (Å²) in [5, 5.41) is 0. The molecule has 0 N–H and O–H groups in total. The van der Waals surface area contributed by atoms with Crippen LogP contribution in [0.5, 0.6) is 0 Å². The highest BCUT2D eigenvalue weighted by molar-refractivity contribution is 6.25. The third kappa shape index (κ3) is 3.60. The number of allylic oxidation sites excluding steroid dienone is 2. The zero-order valence-electron chi connectivity index (χ0n) is 8.31. The maximum absolute atomic E-state index is 11.1. The molecule has 1 aromatic rings. The van der Waals surface area contributed by atoms with Crippen molar-refractivity contribution in [3.05, 3.63) is 53.1 Å². The Hall–Kier alpha value is -1.54. The zero-order chi connectivity index (χ0) is 11.1. The maximum atomic E-state index is 11.1. The molecule has 0 radical (unpaired) electrons. The summed E-state index contributed by atoms with van der Waals surface area (Å²) in [6.07, 6.45) is 5.43. The van der Waals surface area contributed by atoms with Crippen LogP contribution in [0.15, 0.2) is 42.0 Å². The Morgan fingerprint density at radius 1 is 1.27 bits per heavy atom. The Morgan fingerprint density at radius 2 is 1.93 bits per heavy atom. The van der Waals surface area contributed by atoms with Crippen LogP contribution in [-0.2, 0) is 4.74 Å². The number of halogens is 1. The van der Waals surface area contributed by atoms with E-state index in [0.29, 0.717) is 5.56 Å². The highest BCUT2D eigenvalue weighted by Crippen LogP contribution is 2.07. The Morgan fingerprint density at radius 3 is 2.47 bits per heavy atom. The molecule has 15 heavy (non-hydrogen) atoms. The second-order valence-electron chi connectivity index (χ2n) is 2.79. The van der Waals surface area contributed by atoms with E-state index in [2.05, 4.69) is 4.74 Å². The van der Waals surface area contributed by atoms with E-state index in [1.54, 1.807) is 18.2 Å². The second-order valence-corrected chi connectivity index (χ2v) is 3.04. The molecule has 0 fully saturated rings. The van der Waals surface area contributed by atoms with Gasteiger partial charge in [-0.2, -0.15) is 0 Å². The van der Waals surface area contributed by atoms with Gasteiger partial charge >= 0.3 is 5.97 Å². The van der Waals surface area contributed by atoms with Gasteiger partial charge in [0.25, 0.3) is 0 Å². The predicted octanol–water partition coefficient (Wildman–Crippen LogP) is 3.24. The number of hydrogen-bond acceptors (Lipinski definition) is 2. The van der Waals surface area contributed by atoms with Gasteiger partial charge in [0.1, 0.15) is 0 Å². The molecular weight excluding hydrogens is 212 g/mol. The molecule has 0 unspecified atom stereocenters. The monoisotopic (exact) mass is 222 g/mol. The van der Waals surface area contributed by atoms with E-state index >= 15 is 0 Å². The van der Waals surface area contributed by atoms with Crippen molar-refractivity contribution in [2.75, 3.05) is 7.11 Å². The molecule has 0 aliphatic carbocycles. The molecule has 2 nitrogen and oxygen atoms in total. The second kappa shape index (κ2) is 6.04. The van der Waals surface area contributed by atoms with Gasteiger partial charge in [-0.1, -0.05) is 42.0 Å². The minimum absolute atomic E-state index is 0.328. The average Bonchev–Trinajstić information content (AvgIpc) is 2.29. The lowest BCUT2D eigenvalue weighted by atomic mass is 10.1. The zero-order valence-corrected chi connectivity index (χ0v) is 9.07. The van der Waals surface area contributed by atoms with Crippen LogP contribution in [0.25, 0.3) is 6.08 Å². The fourth-order valence-electron chi connectivity index (χ4n) is 1.06. The first kappa shape index (κ1) is 11.5. The van der Waals surface area contributed by atoms with E-state index in [4.69, 9.17) is 11.6 Å². The molecule has 0 saturated heterocycles. The molecule has 0 aliphatic rings. The molecule has 0 spiro atoms. The molecule has 0 saturated carbocycles. The topological polar surface area (TPSA) is 26.3 Å². The van der Waals surface area contributed by atoms with Gasteiger partial charge in [0.15, 0.2) is 0 Å². The molecule has 3 heteroatoms. The number of esters is 1. The predicted molar refractivity (Wildman–Crippen MR) is 61.8 cm³/mol. The molecular formula is C12H11ClO2. The number of carbonyl (C=O) groups excluding carboxylic acids is 1. The lowest BCUT2D eigenvalue weighted by Crippen LogP contribution is -2.00. The molecule has 0 atom stereocenters. The van der Waals surface area contributed by atoms with Crippen molar-refractivity contribution in [3.63, 3.8) is 0 Å². The van der Waals surface area contributed by atoms with Gasteiger partial charge < -0.3 is 4.74 Å². The first-order chi connectivity index (χ1) is 7.27. The van der Waals surface area contributed by atoms with E-state index in [1.165, 1.54) is 12.6 Å². The van der Waals surface area contributed by atoms with Crippen molar-refractivity contribution in [1.29, 1.82) is 0 Å². The maximum Gasteiger partial charge on any atom is 0.337 e. The van der Waals surface area contributed by atoms with Gasteiger partial charge in [0.05, 0.1) is 12.7 Å². The minimum Gasteiger partial charge on any atom is -0.465 e. The van der Waals surface area contributed by atoms with Crippen LogP contribution in [0.2, 0.25) is 0 Å². The normalized spacial score (nSPS) is 11.1. The number of hydrogen-bond donors (Lipinski definition) is 0. The van der Waals surface area contributed by atoms with E-state index in [0.717, 1.165) is 5.56 Å². The number of ether oxygens (including phenoxy) is 1. The van der Waals surface area contributed by atoms with Crippen LogP contribution < -0.4 is 0 Å². The van der Waals surface area contributed by atoms with Crippen LogP contribution in [0.4, 0.5) is 0 Å². The summed E-state index contributed by atoms with van der Waals surface area (Å²) >= 11 is 5.36. The Kier molecular flexibility index (Phi) is 4.64. The van der Waals surface area contributed by atoms with Crippen LogP contribution in [0.1, 0.15) is 15.9 Å². The van der Waals surface area contributed by atoms with Crippen molar-refractivity contribution < 1.29 is 9.53 Å². The highest BCUT2D eigenvalue weighted by Gasteiger charge is 2.02. The first-order valence-electron chi connectivity index (χ1n) is 4.39. The molecule has 1 rings (SSSR count). The van der Waals surface area contributed by atoms with Crippen LogP contribution in [-0.4, -0.2) is 13.1 Å². The van der Waals surface area contributed by atoms with Gasteiger partial charge in [-0.05, 0) is 17.7 Å². The number of methoxy groups -OCH3 is 1. The molecule has 0 aromatic heterocycles. The Balaban J connectivity index is 2.76. The van der Waals surface area contributed by atoms with Gasteiger partial charge in [-0.25, -0.2) is 4.79 Å². The van der Waals surface area contributed by atoms with Crippen molar-refractivity contribution in [2.45, 2.75) is 0 Å². The number of carbonyl (C=O) groups is 1. The van der Waals surface area contributed by atoms with Gasteiger partial charge in [0, 0.05) is 5.54 Å². The summed E-state index contributed by atoms with van der Waals surface area (Å²) in [6.45, 7) is 0. The largest absolute Gasteiger partial charge is 0.465 e. The SMILES string of the molecule is COC(=O)c1ccc(/C=C/C=C/Cl)cc1. The highest BCUT2D eigenvalue weighted by atomic mass is 35.5. The van der Waals surface area contributed by atoms with Crippen LogP contribution >= 0.6 is 11.6 Å². The van der Waals surface area contributed by atoms with Gasteiger partial charge in [0.2, 0.25) is 0 Å². The molecule has 0 bridgehead atoms. The van der Waals surface area contributed by atoms with E-state index < -0.39 is 0 Å². The molecule has 78 valence electrons. The summed E-state index contributed by atoms with van der Waals surface area (Å²) in [5.41, 5.74) is 2.97. The fraction of sp³-hybridized carbons (Fsp3) is 0.0833. The lowest BCUT2D eigenvalue weighted by molar-refractivity contribution is 0.0601. The molecule has 0 amide bonds. The third-order valence-electron chi connectivity index (χ3n) is 1.80. The minimum atomic E-state index is -0.328. The summed E-state index contributed by atoms with van der Waals surface area (Å²) in [5.74, 6) is -0.328. The van der Waals surface area contributed by atoms with Crippen LogP contribution in [0.3, 0.4) is 0 Å². The van der Waals surface area contributed by atoms with Crippen molar-refractivity contribution in [2.24, 2.45) is 0 Å².